The highest BCUT2D eigenvalue weighted by Gasteiger charge is 2.17. The number of carbonyl (C=O) groups excluding carboxylic acids is 1. The Bertz CT molecular complexity index is 1250. The van der Waals surface area contributed by atoms with Gasteiger partial charge in [0.15, 0.2) is 5.78 Å². The molecule has 3 rings (SSSR count). The fourth-order valence-corrected chi connectivity index (χ4v) is 3.97. The second-order valence-electron chi connectivity index (χ2n) is 8.82. The molecule has 0 radical (unpaired) electrons. The molecule has 3 aromatic rings. The van der Waals surface area contributed by atoms with Crippen molar-refractivity contribution in [1.29, 1.82) is 0 Å². The summed E-state index contributed by atoms with van der Waals surface area (Å²) >= 11 is 0. The van der Waals surface area contributed by atoms with Crippen molar-refractivity contribution in [3.63, 3.8) is 0 Å². The number of benzene rings is 3. The van der Waals surface area contributed by atoms with Crippen LogP contribution in [0.3, 0.4) is 0 Å². The Morgan fingerprint density at radius 3 is 2.31 bits per heavy atom. The quantitative estimate of drug-likeness (QED) is 0.330. The zero-order valence-corrected chi connectivity index (χ0v) is 21.3. The summed E-state index contributed by atoms with van der Waals surface area (Å²) in [7, 11) is -1.07. The van der Waals surface area contributed by atoms with Crippen LogP contribution in [0.5, 0.6) is 17.2 Å². The van der Waals surface area contributed by atoms with Gasteiger partial charge in [-0.3, -0.25) is 13.8 Å². The van der Waals surface area contributed by atoms with Crippen molar-refractivity contribution in [3.8, 4) is 17.2 Å². The van der Waals surface area contributed by atoms with Crippen LogP contribution >= 0.6 is 0 Å². The van der Waals surface area contributed by atoms with Crippen molar-refractivity contribution >= 4 is 22.6 Å². The van der Waals surface area contributed by atoms with Gasteiger partial charge in [0.05, 0.1) is 12.2 Å². The molecule has 0 aliphatic carbocycles. The molecule has 0 saturated carbocycles. The van der Waals surface area contributed by atoms with Gasteiger partial charge in [-0.1, -0.05) is 26.0 Å². The van der Waals surface area contributed by atoms with E-state index in [9.17, 15) is 18.9 Å². The van der Waals surface area contributed by atoms with Gasteiger partial charge in [-0.25, -0.2) is 0 Å². The number of carboxylic acid groups (broad SMARTS) is 1. The predicted molar refractivity (Wildman–Crippen MR) is 137 cm³/mol. The third-order valence-electron chi connectivity index (χ3n) is 5.38. The van der Waals surface area contributed by atoms with E-state index in [2.05, 4.69) is 0 Å². The average Bonchev–Trinajstić information content (AvgIpc) is 2.85. The van der Waals surface area contributed by atoms with E-state index in [4.69, 9.17) is 14.6 Å². The number of aromatic hydroxyl groups is 1. The van der Waals surface area contributed by atoms with E-state index in [0.29, 0.717) is 40.0 Å². The van der Waals surface area contributed by atoms with Crippen molar-refractivity contribution in [2.45, 2.75) is 38.2 Å². The third kappa shape index (κ3) is 7.42. The summed E-state index contributed by atoms with van der Waals surface area (Å²) in [4.78, 5) is 25.0. The largest absolute Gasteiger partial charge is 0.507 e. The molecular formula is C28H30O7S. The predicted octanol–water partition coefficient (Wildman–Crippen LogP) is 4.99. The normalized spacial score (nSPS) is 11.8. The van der Waals surface area contributed by atoms with Crippen LogP contribution in [0.4, 0.5) is 0 Å². The van der Waals surface area contributed by atoms with E-state index in [1.54, 1.807) is 42.7 Å². The summed E-state index contributed by atoms with van der Waals surface area (Å²) in [5.41, 5.74) is 1.87. The highest BCUT2D eigenvalue weighted by Crippen LogP contribution is 2.29. The lowest BCUT2D eigenvalue weighted by Gasteiger charge is -2.14. The molecule has 0 aliphatic rings. The van der Waals surface area contributed by atoms with E-state index in [-0.39, 0.29) is 30.8 Å². The van der Waals surface area contributed by atoms with Crippen molar-refractivity contribution in [1.82, 2.24) is 0 Å². The minimum absolute atomic E-state index is 0.123. The number of carboxylic acids is 1. The number of phenols is 1. The molecule has 3 aromatic carbocycles. The first-order valence-corrected chi connectivity index (χ1v) is 13.1. The second kappa shape index (κ2) is 12.4. The monoisotopic (exact) mass is 510 g/mol. The number of hydrogen-bond acceptors (Lipinski definition) is 6. The van der Waals surface area contributed by atoms with Gasteiger partial charge in [-0.05, 0) is 65.9 Å². The number of hydrogen-bond donors (Lipinski definition) is 2. The highest BCUT2D eigenvalue weighted by atomic mass is 32.2. The molecule has 190 valence electrons. The SMILES string of the molecule is CC(C)COc1ccc(C(=O)c2ccc(OCc3ccc(S(C)=O)cc3)c(CCC(=O)O)c2)c(O)c1. The molecule has 0 heterocycles. The van der Waals surface area contributed by atoms with E-state index in [1.165, 1.54) is 12.1 Å². The van der Waals surface area contributed by atoms with E-state index in [1.807, 2.05) is 26.0 Å². The van der Waals surface area contributed by atoms with E-state index >= 15 is 0 Å². The number of rotatable bonds is 12. The summed E-state index contributed by atoms with van der Waals surface area (Å²) in [6.07, 6.45) is 1.66. The number of aliphatic carboxylic acids is 1. The zero-order chi connectivity index (χ0) is 26.2. The maximum absolute atomic E-state index is 13.1. The Balaban J connectivity index is 1.81. The third-order valence-corrected chi connectivity index (χ3v) is 6.31. The maximum atomic E-state index is 13.1. The summed E-state index contributed by atoms with van der Waals surface area (Å²) in [5, 5.41) is 19.6. The van der Waals surface area contributed by atoms with Crippen molar-refractivity contribution in [2.24, 2.45) is 5.92 Å². The number of phenolic OH excluding ortho intramolecular Hbond substituents is 1. The Morgan fingerprint density at radius 1 is 0.972 bits per heavy atom. The molecule has 8 heteroatoms. The Hall–Kier alpha value is -3.65. The Labute approximate surface area is 213 Å². The van der Waals surface area contributed by atoms with Gasteiger partial charge in [-0.2, -0.15) is 0 Å². The lowest BCUT2D eigenvalue weighted by atomic mass is 9.98. The van der Waals surface area contributed by atoms with Gasteiger partial charge < -0.3 is 19.7 Å². The molecule has 7 nitrogen and oxygen atoms in total. The molecule has 1 atom stereocenters. The van der Waals surface area contributed by atoms with Gasteiger partial charge in [-0.15, -0.1) is 0 Å². The summed E-state index contributed by atoms with van der Waals surface area (Å²) in [6.45, 7) is 4.74. The highest BCUT2D eigenvalue weighted by molar-refractivity contribution is 7.84. The van der Waals surface area contributed by atoms with Gasteiger partial charge in [0.1, 0.15) is 23.9 Å². The zero-order valence-electron chi connectivity index (χ0n) is 20.5. The minimum Gasteiger partial charge on any atom is -0.507 e. The number of carbonyl (C=O) groups is 2. The summed E-state index contributed by atoms with van der Waals surface area (Å²) < 4.78 is 23.1. The molecule has 0 aliphatic heterocycles. The fourth-order valence-electron chi connectivity index (χ4n) is 3.45. The molecule has 0 fully saturated rings. The first-order chi connectivity index (χ1) is 17.1. The number of ether oxygens (including phenoxy) is 2. The lowest BCUT2D eigenvalue weighted by Crippen LogP contribution is -2.07. The van der Waals surface area contributed by atoms with Crippen molar-refractivity contribution < 1.29 is 33.5 Å². The first-order valence-electron chi connectivity index (χ1n) is 11.5. The van der Waals surface area contributed by atoms with Gasteiger partial charge in [0, 0.05) is 40.0 Å². The smallest absolute Gasteiger partial charge is 0.303 e. The maximum Gasteiger partial charge on any atom is 0.303 e. The summed E-state index contributed by atoms with van der Waals surface area (Å²) in [6, 6.07) is 16.6. The van der Waals surface area contributed by atoms with E-state index < -0.39 is 22.6 Å². The van der Waals surface area contributed by atoms with Gasteiger partial charge >= 0.3 is 5.97 Å². The molecular weight excluding hydrogens is 480 g/mol. The van der Waals surface area contributed by atoms with E-state index in [0.717, 1.165) is 5.56 Å². The van der Waals surface area contributed by atoms with Crippen LogP contribution in [-0.4, -0.2) is 39.0 Å². The molecule has 1 unspecified atom stereocenters. The van der Waals surface area contributed by atoms with Gasteiger partial charge in [0.25, 0.3) is 0 Å². The minimum atomic E-state index is -1.07. The molecule has 0 aromatic heterocycles. The van der Waals surface area contributed by atoms with Crippen molar-refractivity contribution in [2.75, 3.05) is 12.9 Å². The Kier molecular flexibility index (Phi) is 9.25. The first kappa shape index (κ1) is 26.9. The van der Waals surface area contributed by atoms with Gasteiger partial charge in [0.2, 0.25) is 0 Å². The van der Waals surface area contributed by atoms with Crippen LogP contribution in [0, 0.1) is 5.92 Å². The second-order valence-corrected chi connectivity index (χ2v) is 10.2. The molecule has 0 amide bonds. The number of ketones is 1. The van der Waals surface area contributed by atoms with Crippen LogP contribution < -0.4 is 9.47 Å². The average molecular weight is 511 g/mol. The molecule has 2 N–H and O–H groups in total. The number of aryl methyl sites for hydroxylation is 1. The lowest BCUT2D eigenvalue weighted by molar-refractivity contribution is -0.136. The van der Waals surface area contributed by atoms with Crippen LogP contribution in [0.2, 0.25) is 0 Å². The van der Waals surface area contributed by atoms with Crippen molar-refractivity contribution in [3.05, 3.63) is 82.9 Å². The fraction of sp³-hybridized carbons (Fsp3) is 0.286. The molecule has 36 heavy (non-hydrogen) atoms. The molecule has 0 bridgehead atoms. The van der Waals surface area contributed by atoms with Crippen LogP contribution in [0.25, 0.3) is 0 Å². The van der Waals surface area contributed by atoms with Crippen LogP contribution in [0.15, 0.2) is 65.6 Å². The Morgan fingerprint density at radius 2 is 1.69 bits per heavy atom. The topological polar surface area (TPSA) is 110 Å². The molecule has 0 spiro atoms. The molecule has 0 saturated heterocycles. The van der Waals surface area contributed by atoms with Crippen LogP contribution in [-0.2, 0) is 28.6 Å². The standard InChI is InChI=1S/C28H30O7S/c1-18(2)16-34-22-8-11-24(25(29)15-22)28(32)21-6-12-26(20(14-21)7-13-27(30)31)35-17-19-4-9-23(10-5-19)36(3)33/h4-6,8-12,14-15,18,29H,7,13,16-17H2,1-3H3,(H,30,31). The van der Waals surface area contributed by atoms with Crippen LogP contribution in [0.1, 0.15) is 47.3 Å². The summed E-state index contributed by atoms with van der Waals surface area (Å²) in [5.74, 6) is -0.283.